The van der Waals surface area contributed by atoms with Crippen molar-refractivity contribution in [1.82, 2.24) is 4.98 Å². The second kappa shape index (κ2) is 8.36. The molecule has 1 aromatic heterocycles. The summed E-state index contributed by atoms with van der Waals surface area (Å²) in [5.41, 5.74) is 0.933. The Kier molecular flexibility index (Phi) is 5.46. The molecule has 4 rings (SSSR count). The minimum absolute atomic E-state index is 0.0475. The molecule has 0 saturated carbocycles. The first-order valence-corrected chi connectivity index (χ1v) is 9.67. The normalized spacial score (nSPS) is 11.2. The van der Waals surface area contributed by atoms with Gasteiger partial charge in [-0.3, -0.25) is 14.9 Å². The number of non-ortho nitro benzene ring substituents is 1. The van der Waals surface area contributed by atoms with Gasteiger partial charge in [0.05, 0.1) is 21.4 Å². The molecule has 0 aliphatic carbocycles. The van der Waals surface area contributed by atoms with Gasteiger partial charge in [0.25, 0.3) is 11.6 Å². The molecule has 0 bridgehead atoms. The van der Waals surface area contributed by atoms with Crippen LogP contribution in [0.25, 0.3) is 10.2 Å². The van der Waals surface area contributed by atoms with Gasteiger partial charge in [-0.05, 0) is 54.1 Å². The molecule has 31 heavy (non-hydrogen) atoms. The van der Waals surface area contributed by atoms with Crippen LogP contribution in [0.3, 0.4) is 0 Å². The zero-order valence-corrected chi connectivity index (χ0v) is 16.4. The number of nitro benzene ring substituents is 1. The Morgan fingerprint density at radius 3 is 2.52 bits per heavy atom. The average molecular weight is 438 g/mol. The van der Waals surface area contributed by atoms with Crippen LogP contribution in [-0.2, 0) is 0 Å². The number of thiazole rings is 1. The van der Waals surface area contributed by atoms with E-state index < -0.39 is 22.5 Å². The number of hydrogen-bond acceptors (Lipinski definition) is 6. The highest BCUT2D eigenvalue weighted by Crippen LogP contribution is 2.30. The number of anilines is 1. The van der Waals surface area contributed by atoms with E-state index >= 15 is 0 Å². The number of carbonyl (C=O) groups excluding carboxylic acids is 1. The number of nitro groups is 1. The van der Waals surface area contributed by atoms with E-state index in [1.165, 1.54) is 66.9 Å². The first-order chi connectivity index (χ1) is 14.9. The first kappa shape index (κ1) is 20.2. The molecule has 1 amide bonds. The van der Waals surface area contributed by atoms with Crippen molar-refractivity contribution in [2.75, 3.05) is 5.01 Å². The van der Waals surface area contributed by atoms with E-state index in [0.717, 1.165) is 22.4 Å². The second-order valence-corrected chi connectivity index (χ2v) is 7.34. The van der Waals surface area contributed by atoms with Gasteiger partial charge in [-0.2, -0.15) is 10.1 Å². The van der Waals surface area contributed by atoms with Crippen LogP contribution in [0, 0.1) is 21.7 Å². The van der Waals surface area contributed by atoms with Crippen LogP contribution in [0.4, 0.5) is 19.6 Å². The molecular formula is C21H12F2N4O3S. The van der Waals surface area contributed by atoms with Crippen LogP contribution in [0.1, 0.15) is 15.9 Å². The summed E-state index contributed by atoms with van der Waals surface area (Å²) in [5.74, 6) is -1.67. The molecule has 0 unspecified atom stereocenters. The molecule has 0 radical (unpaired) electrons. The molecule has 0 fully saturated rings. The molecule has 1 heterocycles. The van der Waals surface area contributed by atoms with Gasteiger partial charge in [-0.15, -0.1) is 0 Å². The van der Waals surface area contributed by atoms with Gasteiger partial charge in [0.2, 0.25) is 5.13 Å². The summed E-state index contributed by atoms with van der Waals surface area (Å²) < 4.78 is 27.7. The first-order valence-electron chi connectivity index (χ1n) is 8.85. The third kappa shape index (κ3) is 4.43. The van der Waals surface area contributed by atoms with Crippen molar-refractivity contribution < 1.29 is 18.5 Å². The predicted molar refractivity (Wildman–Crippen MR) is 113 cm³/mol. The lowest BCUT2D eigenvalue weighted by atomic mass is 10.2. The maximum atomic E-state index is 13.6. The monoisotopic (exact) mass is 438 g/mol. The van der Waals surface area contributed by atoms with Gasteiger partial charge in [0.1, 0.15) is 11.6 Å². The molecule has 0 atom stereocenters. The summed E-state index contributed by atoms with van der Waals surface area (Å²) in [6.07, 6.45) is 1.33. The molecule has 154 valence electrons. The molecule has 0 aliphatic heterocycles. The third-order valence-corrected chi connectivity index (χ3v) is 5.20. The van der Waals surface area contributed by atoms with E-state index in [4.69, 9.17) is 0 Å². The van der Waals surface area contributed by atoms with E-state index in [1.54, 1.807) is 0 Å². The number of aromatic nitrogens is 1. The van der Waals surface area contributed by atoms with Gasteiger partial charge in [0, 0.05) is 17.7 Å². The Morgan fingerprint density at radius 2 is 1.81 bits per heavy atom. The number of fused-ring (bicyclic) bond motifs is 1. The molecule has 0 aliphatic rings. The highest BCUT2D eigenvalue weighted by molar-refractivity contribution is 7.22. The number of carbonyl (C=O) groups is 1. The molecule has 3 aromatic carbocycles. The minimum Gasteiger partial charge on any atom is -0.267 e. The number of amides is 1. The molecule has 0 spiro atoms. The lowest BCUT2D eigenvalue weighted by molar-refractivity contribution is -0.384. The smallest absolute Gasteiger partial charge is 0.267 e. The summed E-state index contributed by atoms with van der Waals surface area (Å²) >= 11 is 1.05. The number of hydrazone groups is 1. The van der Waals surface area contributed by atoms with Crippen molar-refractivity contribution in [3.63, 3.8) is 0 Å². The number of nitrogens with zero attached hydrogens (tertiary/aromatic N) is 4. The van der Waals surface area contributed by atoms with Crippen LogP contribution in [0.2, 0.25) is 0 Å². The Bertz CT molecular complexity index is 1320. The van der Waals surface area contributed by atoms with Crippen molar-refractivity contribution in [3.05, 3.63) is 99.6 Å². The van der Waals surface area contributed by atoms with Gasteiger partial charge in [-0.25, -0.2) is 13.8 Å². The third-order valence-electron chi connectivity index (χ3n) is 4.21. The standard InChI is InChI=1S/C21H12F2N4O3S/c22-15-3-1-2-14(10-15)20(28)26(21-25-18-9-6-16(23)11-19(18)31-21)24-12-13-4-7-17(8-5-13)27(29)30/h1-12H/b24-12+. The van der Waals surface area contributed by atoms with Crippen molar-refractivity contribution in [2.45, 2.75) is 0 Å². The zero-order valence-electron chi connectivity index (χ0n) is 15.6. The van der Waals surface area contributed by atoms with Crippen LogP contribution in [0.5, 0.6) is 0 Å². The largest absolute Gasteiger partial charge is 0.280 e. The fourth-order valence-electron chi connectivity index (χ4n) is 2.72. The summed E-state index contributed by atoms with van der Waals surface area (Å²) in [6, 6.07) is 14.7. The Balaban J connectivity index is 1.74. The average Bonchev–Trinajstić information content (AvgIpc) is 3.16. The predicted octanol–water partition coefficient (Wildman–Crippen LogP) is 5.16. The molecule has 4 aromatic rings. The molecular weight excluding hydrogens is 426 g/mol. The number of rotatable bonds is 5. The Morgan fingerprint density at radius 1 is 1.06 bits per heavy atom. The van der Waals surface area contributed by atoms with Crippen molar-refractivity contribution >= 4 is 44.5 Å². The summed E-state index contributed by atoms with van der Waals surface area (Å²) in [4.78, 5) is 27.7. The fraction of sp³-hybridized carbons (Fsp3) is 0. The molecule has 0 N–H and O–H groups in total. The van der Waals surface area contributed by atoms with Crippen LogP contribution >= 0.6 is 11.3 Å². The van der Waals surface area contributed by atoms with Gasteiger partial charge < -0.3 is 0 Å². The topological polar surface area (TPSA) is 88.7 Å². The quantitative estimate of drug-likeness (QED) is 0.244. The number of hydrogen-bond donors (Lipinski definition) is 0. The minimum atomic E-state index is -0.641. The molecule has 0 saturated heterocycles. The maximum Gasteiger partial charge on any atom is 0.280 e. The highest BCUT2D eigenvalue weighted by Gasteiger charge is 2.21. The van der Waals surface area contributed by atoms with Crippen LogP contribution in [0.15, 0.2) is 71.8 Å². The summed E-state index contributed by atoms with van der Waals surface area (Å²) in [5, 5.41) is 16.1. The van der Waals surface area contributed by atoms with Crippen molar-refractivity contribution in [2.24, 2.45) is 5.10 Å². The second-order valence-electron chi connectivity index (χ2n) is 6.33. The number of benzene rings is 3. The lowest BCUT2D eigenvalue weighted by Crippen LogP contribution is -2.25. The van der Waals surface area contributed by atoms with Gasteiger partial charge >= 0.3 is 0 Å². The highest BCUT2D eigenvalue weighted by atomic mass is 32.1. The summed E-state index contributed by atoms with van der Waals surface area (Å²) in [6.45, 7) is 0. The van der Waals surface area contributed by atoms with E-state index in [1.807, 2.05) is 0 Å². The van der Waals surface area contributed by atoms with Crippen LogP contribution < -0.4 is 5.01 Å². The SMILES string of the molecule is O=C(c1cccc(F)c1)N(/N=C/c1ccc([N+](=O)[O-])cc1)c1nc2ccc(F)cc2s1. The molecule has 10 heteroatoms. The van der Waals surface area contributed by atoms with E-state index in [-0.39, 0.29) is 16.4 Å². The Labute approximate surface area is 178 Å². The van der Waals surface area contributed by atoms with E-state index in [9.17, 15) is 23.7 Å². The lowest BCUT2D eigenvalue weighted by Gasteiger charge is -2.13. The summed E-state index contributed by atoms with van der Waals surface area (Å²) in [7, 11) is 0. The van der Waals surface area contributed by atoms with Crippen molar-refractivity contribution in [1.29, 1.82) is 0 Å². The van der Waals surface area contributed by atoms with E-state index in [2.05, 4.69) is 10.1 Å². The van der Waals surface area contributed by atoms with Crippen LogP contribution in [-0.4, -0.2) is 22.0 Å². The molecule has 7 nitrogen and oxygen atoms in total. The maximum absolute atomic E-state index is 13.6. The Hall–Kier alpha value is -4.05. The van der Waals surface area contributed by atoms with E-state index in [0.29, 0.717) is 15.8 Å². The van der Waals surface area contributed by atoms with Gasteiger partial charge in [0.15, 0.2) is 0 Å². The number of halogens is 2. The zero-order chi connectivity index (χ0) is 22.0. The fourth-order valence-corrected chi connectivity index (χ4v) is 3.66. The van der Waals surface area contributed by atoms with Crippen molar-refractivity contribution in [3.8, 4) is 0 Å². The van der Waals surface area contributed by atoms with Gasteiger partial charge in [-0.1, -0.05) is 17.4 Å².